The molecule has 15 heavy (non-hydrogen) atoms. The largest absolute Gasteiger partial charge is 0.446 e. The third-order valence-electron chi connectivity index (χ3n) is 1.48. The zero-order valence-electron chi connectivity index (χ0n) is 7.70. The molecule has 1 aromatic rings. The first-order valence-corrected chi connectivity index (χ1v) is 5.42. The Morgan fingerprint density at radius 1 is 1.40 bits per heavy atom. The van der Waals surface area contributed by atoms with Gasteiger partial charge in [0.2, 0.25) is 0 Å². The average Bonchev–Trinajstić information content (AvgIpc) is 2.12. The molecular formula is C9H10O5S. The van der Waals surface area contributed by atoms with Gasteiger partial charge in [-0.15, -0.1) is 0 Å². The second-order valence-electron chi connectivity index (χ2n) is 2.67. The minimum Gasteiger partial charge on any atom is -0.392 e. The maximum atomic E-state index is 10.4. The van der Waals surface area contributed by atoms with Crippen LogP contribution in [0.25, 0.3) is 6.08 Å². The molecule has 0 amide bonds. The first-order chi connectivity index (χ1) is 7.01. The van der Waals surface area contributed by atoms with Crippen LogP contribution in [0.2, 0.25) is 0 Å². The van der Waals surface area contributed by atoms with Crippen LogP contribution in [-0.4, -0.2) is 24.7 Å². The van der Waals surface area contributed by atoms with Crippen LogP contribution < -0.4 is 4.18 Å². The molecule has 1 rings (SSSR count). The van der Waals surface area contributed by atoms with Crippen LogP contribution in [0, 0.1) is 0 Å². The van der Waals surface area contributed by atoms with Gasteiger partial charge in [0, 0.05) is 0 Å². The molecule has 0 heterocycles. The van der Waals surface area contributed by atoms with Gasteiger partial charge in [0.05, 0.1) is 6.61 Å². The van der Waals surface area contributed by atoms with Crippen LogP contribution in [0.1, 0.15) is 5.56 Å². The van der Waals surface area contributed by atoms with E-state index in [1.165, 1.54) is 18.2 Å². The molecule has 2 N–H and O–H groups in total. The molecule has 0 saturated heterocycles. The number of hydrogen-bond donors (Lipinski definition) is 2. The van der Waals surface area contributed by atoms with Gasteiger partial charge in [0.25, 0.3) is 0 Å². The quantitative estimate of drug-likeness (QED) is 0.750. The molecule has 1 aromatic carbocycles. The second-order valence-corrected chi connectivity index (χ2v) is 3.69. The molecule has 6 heteroatoms. The van der Waals surface area contributed by atoms with Gasteiger partial charge >= 0.3 is 10.4 Å². The first kappa shape index (κ1) is 11.7. The van der Waals surface area contributed by atoms with Crippen molar-refractivity contribution < 1.29 is 22.3 Å². The molecule has 0 radical (unpaired) electrons. The van der Waals surface area contributed by atoms with Gasteiger partial charge < -0.3 is 9.29 Å². The zero-order chi connectivity index (χ0) is 11.3. The van der Waals surface area contributed by atoms with Gasteiger partial charge in [-0.1, -0.05) is 24.3 Å². The lowest BCUT2D eigenvalue weighted by Crippen LogP contribution is -2.06. The average molecular weight is 230 g/mol. The van der Waals surface area contributed by atoms with Gasteiger partial charge in [0.1, 0.15) is 5.75 Å². The van der Waals surface area contributed by atoms with Crippen molar-refractivity contribution in [1.82, 2.24) is 0 Å². The molecule has 0 atom stereocenters. The molecule has 0 aliphatic heterocycles. The molecule has 0 aliphatic carbocycles. The molecule has 0 aliphatic rings. The highest BCUT2D eigenvalue weighted by atomic mass is 32.3. The van der Waals surface area contributed by atoms with Crippen LogP contribution >= 0.6 is 0 Å². The molecule has 0 fully saturated rings. The summed E-state index contributed by atoms with van der Waals surface area (Å²) in [5, 5.41) is 8.53. The standard InChI is InChI=1S/C9H10O5S/c10-6-2-4-8-3-1-5-9(7-8)14-15(11,12)13/h1-5,7,10H,6H2,(H,11,12,13)/b4-2+. The molecule has 5 nitrogen and oxygen atoms in total. The van der Waals surface area contributed by atoms with E-state index >= 15 is 0 Å². The number of benzene rings is 1. The van der Waals surface area contributed by atoms with Crippen LogP contribution in [0.5, 0.6) is 5.75 Å². The van der Waals surface area contributed by atoms with E-state index < -0.39 is 10.4 Å². The summed E-state index contributed by atoms with van der Waals surface area (Å²) in [7, 11) is -4.49. The third kappa shape index (κ3) is 4.59. The summed E-state index contributed by atoms with van der Waals surface area (Å²) in [6.07, 6.45) is 3.09. The molecule has 0 unspecified atom stereocenters. The van der Waals surface area contributed by atoms with Crippen molar-refractivity contribution in [1.29, 1.82) is 0 Å². The SMILES string of the molecule is O=S(=O)(O)Oc1cccc(/C=C/CO)c1. The Kier molecular flexibility index (Phi) is 3.84. The summed E-state index contributed by atoms with van der Waals surface area (Å²) in [5.41, 5.74) is 0.658. The van der Waals surface area contributed by atoms with Crippen molar-refractivity contribution in [2.75, 3.05) is 6.61 Å². The summed E-state index contributed by atoms with van der Waals surface area (Å²) in [6.45, 7) is -0.108. The Labute approximate surface area is 87.6 Å². The Morgan fingerprint density at radius 3 is 2.73 bits per heavy atom. The summed E-state index contributed by atoms with van der Waals surface area (Å²) in [5.74, 6) is 0.0117. The molecule has 0 saturated carbocycles. The maximum absolute atomic E-state index is 10.4. The topological polar surface area (TPSA) is 83.8 Å². The number of aliphatic hydroxyl groups excluding tert-OH is 1. The lowest BCUT2D eigenvalue weighted by molar-refractivity contribution is 0.343. The van der Waals surface area contributed by atoms with Crippen molar-refractivity contribution in [3.63, 3.8) is 0 Å². The molecular weight excluding hydrogens is 220 g/mol. The van der Waals surface area contributed by atoms with Crippen molar-refractivity contribution in [2.24, 2.45) is 0 Å². The normalized spacial score (nSPS) is 11.9. The van der Waals surface area contributed by atoms with E-state index in [4.69, 9.17) is 9.66 Å². The van der Waals surface area contributed by atoms with Crippen molar-refractivity contribution in [3.8, 4) is 5.75 Å². The van der Waals surface area contributed by atoms with E-state index in [0.29, 0.717) is 5.56 Å². The summed E-state index contributed by atoms with van der Waals surface area (Å²) in [4.78, 5) is 0. The van der Waals surface area contributed by atoms with Gasteiger partial charge in [-0.05, 0) is 17.7 Å². The van der Waals surface area contributed by atoms with E-state index in [0.717, 1.165) is 0 Å². The van der Waals surface area contributed by atoms with E-state index in [1.807, 2.05) is 0 Å². The van der Waals surface area contributed by atoms with Crippen molar-refractivity contribution in [2.45, 2.75) is 0 Å². The number of hydrogen-bond acceptors (Lipinski definition) is 4. The van der Waals surface area contributed by atoms with Crippen molar-refractivity contribution >= 4 is 16.5 Å². The summed E-state index contributed by atoms with van der Waals surface area (Å²) < 4.78 is 33.5. The van der Waals surface area contributed by atoms with E-state index in [2.05, 4.69) is 4.18 Å². The van der Waals surface area contributed by atoms with Gasteiger partial charge in [0.15, 0.2) is 0 Å². The lowest BCUT2D eigenvalue weighted by atomic mass is 10.2. The van der Waals surface area contributed by atoms with Crippen LogP contribution in [0.15, 0.2) is 30.3 Å². The van der Waals surface area contributed by atoms with E-state index in [-0.39, 0.29) is 12.4 Å². The molecule has 0 bridgehead atoms. The van der Waals surface area contributed by atoms with Crippen LogP contribution in [0.4, 0.5) is 0 Å². The first-order valence-electron chi connectivity index (χ1n) is 4.05. The fourth-order valence-corrected chi connectivity index (χ4v) is 1.33. The van der Waals surface area contributed by atoms with Gasteiger partial charge in [-0.25, -0.2) is 0 Å². The Balaban J connectivity index is 2.88. The Hall–Kier alpha value is -1.37. The summed E-state index contributed by atoms with van der Waals surface area (Å²) >= 11 is 0. The molecule has 0 aromatic heterocycles. The third-order valence-corrected chi connectivity index (χ3v) is 1.88. The number of aliphatic hydroxyl groups is 1. The number of rotatable bonds is 4. The van der Waals surface area contributed by atoms with Gasteiger partial charge in [-0.3, -0.25) is 4.55 Å². The molecule has 0 spiro atoms. The predicted octanol–water partition coefficient (Wildman–Crippen LogP) is 0.874. The minimum atomic E-state index is -4.49. The van der Waals surface area contributed by atoms with E-state index in [9.17, 15) is 8.42 Å². The molecule has 82 valence electrons. The Bertz CT molecular complexity index is 449. The fraction of sp³-hybridized carbons (Fsp3) is 0.111. The highest BCUT2D eigenvalue weighted by Crippen LogP contribution is 2.15. The summed E-state index contributed by atoms with van der Waals surface area (Å²) in [6, 6.07) is 6.07. The Morgan fingerprint density at radius 2 is 2.13 bits per heavy atom. The van der Waals surface area contributed by atoms with Crippen LogP contribution in [0.3, 0.4) is 0 Å². The van der Waals surface area contributed by atoms with Crippen LogP contribution in [-0.2, 0) is 10.4 Å². The minimum absolute atomic E-state index is 0.0117. The van der Waals surface area contributed by atoms with Crippen molar-refractivity contribution in [3.05, 3.63) is 35.9 Å². The van der Waals surface area contributed by atoms with E-state index in [1.54, 1.807) is 18.2 Å². The zero-order valence-corrected chi connectivity index (χ0v) is 8.52. The highest BCUT2D eigenvalue weighted by Gasteiger charge is 2.05. The second kappa shape index (κ2) is 4.92. The highest BCUT2D eigenvalue weighted by molar-refractivity contribution is 7.81. The predicted molar refractivity (Wildman–Crippen MR) is 54.7 cm³/mol. The lowest BCUT2D eigenvalue weighted by Gasteiger charge is -2.01. The maximum Gasteiger partial charge on any atom is 0.446 e. The smallest absolute Gasteiger partial charge is 0.392 e. The fourth-order valence-electron chi connectivity index (χ4n) is 0.980. The van der Waals surface area contributed by atoms with Gasteiger partial charge in [-0.2, -0.15) is 8.42 Å². The monoisotopic (exact) mass is 230 g/mol.